The summed E-state index contributed by atoms with van der Waals surface area (Å²) in [7, 11) is 2.55. The fraction of sp³-hybridized carbons (Fsp3) is 0.333. The molecule has 0 saturated heterocycles. The van der Waals surface area contributed by atoms with Gasteiger partial charge in [0.25, 0.3) is 6.43 Å². The number of halogens is 2. The lowest BCUT2D eigenvalue weighted by atomic mass is 10.2. The summed E-state index contributed by atoms with van der Waals surface area (Å²) < 4.78 is 34.3. The largest absolute Gasteiger partial charge is 0.504 e. The molecule has 0 amide bonds. The second-order valence-corrected chi connectivity index (χ2v) is 2.57. The Morgan fingerprint density at radius 3 is 2.14 bits per heavy atom. The number of benzene rings is 1. The average molecular weight is 204 g/mol. The van der Waals surface area contributed by atoms with Crippen LogP contribution in [0, 0.1) is 0 Å². The highest BCUT2D eigenvalue weighted by molar-refractivity contribution is 5.50. The van der Waals surface area contributed by atoms with Crippen LogP contribution in [0.1, 0.15) is 12.0 Å². The molecule has 0 fully saturated rings. The summed E-state index contributed by atoms with van der Waals surface area (Å²) in [6, 6.07) is 2.15. The zero-order valence-corrected chi connectivity index (χ0v) is 7.75. The molecule has 1 rings (SSSR count). The first-order valence-electron chi connectivity index (χ1n) is 3.83. The molecule has 1 N–H and O–H groups in total. The molecule has 0 aromatic heterocycles. The maximum absolute atomic E-state index is 12.4. The van der Waals surface area contributed by atoms with Gasteiger partial charge in [-0.15, -0.1) is 0 Å². The van der Waals surface area contributed by atoms with E-state index in [0.29, 0.717) is 0 Å². The third kappa shape index (κ3) is 1.86. The Hall–Kier alpha value is -1.52. The van der Waals surface area contributed by atoms with Crippen LogP contribution in [-0.4, -0.2) is 19.3 Å². The Bertz CT molecular complexity index is 326. The van der Waals surface area contributed by atoms with E-state index in [1.54, 1.807) is 0 Å². The van der Waals surface area contributed by atoms with Crippen molar-refractivity contribution in [2.24, 2.45) is 0 Å². The van der Waals surface area contributed by atoms with Crippen molar-refractivity contribution in [1.29, 1.82) is 0 Å². The molecule has 1 aromatic carbocycles. The van der Waals surface area contributed by atoms with Crippen molar-refractivity contribution in [3.05, 3.63) is 17.7 Å². The van der Waals surface area contributed by atoms with Crippen LogP contribution < -0.4 is 9.47 Å². The van der Waals surface area contributed by atoms with Crippen molar-refractivity contribution in [1.82, 2.24) is 0 Å². The number of hydrogen-bond acceptors (Lipinski definition) is 3. The van der Waals surface area contributed by atoms with Crippen LogP contribution in [-0.2, 0) is 0 Å². The van der Waals surface area contributed by atoms with E-state index < -0.39 is 6.43 Å². The highest BCUT2D eigenvalue weighted by Gasteiger charge is 2.17. The molecule has 0 saturated carbocycles. The number of ether oxygens (including phenoxy) is 2. The molecule has 1 aromatic rings. The van der Waals surface area contributed by atoms with Crippen LogP contribution in [0.5, 0.6) is 17.2 Å². The van der Waals surface area contributed by atoms with E-state index >= 15 is 0 Å². The van der Waals surface area contributed by atoms with Crippen molar-refractivity contribution in [2.75, 3.05) is 14.2 Å². The molecule has 5 heteroatoms. The van der Waals surface area contributed by atoms with Crippen LogP contribution in [0.3, 0.4) is 0 Å². The summed E-state index contributed by atoms with van der Waals surface area (Å²) in [5.41, 5.74) is -0.304. The van der Waals surface area contributed by atoms with Gasteiger partial charge in [-0.1, -0.05) is 0 Å². The average Bonchev–Trinajstić information content (AvgIpc) is 2.16. The second kappa shape index (κ2) is 4.13. The number of rotatable bonds is 3. The molecule has 0 aliphatic heterocycles. The van der Waals surface area contributed by atoms with Gasteiger partial charge in [0.15, 0.2) is 11.5 Å². The van der Waals surface area contributed by atoms with Gasteiger partial charge in [0.1, 0.15) is 5.75 Å². The Morgan fingerprint density at radius 2 is 1.71 bits per heavy atom. The van der Waals surface area contributed by atoms with Gasteiger partial charge in [-0.05, 0) is 6.07 Å². The minimum absolute atomic E-state index is 0.00102. The molecule has 78 valence electrons. The first kappa shape index (κ1) is 10.6. The fourth-order valence-electron chi connectivity index (χ4n) is 1.08. The Kier molecular flexibility index (Phi) is 3.11. The number of phenols is 1. The third-order valence-electron chi connectivity index (χ3n) is 1.77. The van der Waals surface area contributed by atoms with Crippen molar-refractivity contribution >= 4 is 0 Å². The lowest BCUT2D eigenvalue weighted by Crippen LogP contribution is -1.94. The number of methoxy groups -OCH3 is 2. The maximum atomic E-state index is 12.4. The zero-order valence-electron chi connectivity index (χ0n) is 7.75. The van der Waals surface area contributed by atoms with Crippen LogP contribution in [0.15, 0.2) is 12.1 Å². The van der Waals surface area contributed by atoms with Gasteiger partial charge in [0.05, 0.1) is 19.8 Å². The molecular formula is C9H10F2O3. The van der Waals surface area contributed by atoms with Crippen molar-refractivity contribution in [3.8, 4) is 17.2 Å². The number of hydrogen-bond donors (Lipinski definition) is 1. The van der Waals surface area contributed by atoms with Crippen LogP contribution >= 0.6 is 0 Å². The molecule has 0 bridgehead atoms. The number of alkyl halides is 2. The molecule has 0 radical (unpaired) electrons. The first-order valence-corrected chi connectivity index (χ1v) is 3.83. The predicted octanol–water partition coefficient (Wildman–Crippen LogP) is 2.35. The van der Waals surface area contributed by atoms with Crippen molar-refractivity contribution in [3.63, 3.8) is 0 Å². The van der Waals surface area contributed by atoms with Crippen LogP contribution in [0.25, 0.3) is 0 Å². The molecule has 14 heavy (non-hydrogen) atoms. The molecule has 0 unspecified atom stereocenters. The van der Waals surface area contributed by atoms with E-state index in [2.05, 4.69) is 0 Å². The van der Waals surface area contributed by atoms with Gasteiger partial charge in [0, 0.05) is 6.07 Å². The first-order chi connectivity index (χ1) is 6.60. The second-order valence-electron chi connectivity index (χ2n) is 2.57. The molecule has 3 nitrogen and oxygen atoms in total. The summed E-state index contributed by atoms with van der Waals surface area (Å²) >= 11 is 0. The molecule has 0 heterocycles. The maximum Gasteiger partial charge on any atom is 0.267 e. The van der Waals surface area contributed by atoms with E-state index in [9.17, 15) is 13.9 Å². The van der Waals surface area contributed by atoms with Gasteiger partial charge in [0.2, 0.25) is 0 Å². The van der Waals surface area contributed by atoms with Gasteiger partial charge in [-0.25, -0.2) is 8.78 Å². The van der Waals surface area contributed by atoms with Crippen molar-refractivity contribution in [2.45, 2.75) is 6.43 Å². The van der Waals surface area contributed by atoms with E-state index in [-0.39, 0.29) is 22.8 Å². The Labute approximate surface area is 79.9 Å². The van der Waals surface area contributed by atoms with Crippen molar-refractivity contribution < 1.29 is 23.4 Å². The lowest BCUT2D eigenvalue weighted by Gasteiger charge is -2.10. The predicted molar refractivity (Wildman–Crippen MR) is 46.2 cm³/mol. The van der Waals surface area contributed by atoms with E-state index in [4.69, 9.17) is 9.47 Å². The minimum atomic E-state index is -2.67. The van der Waals surface area contributed by atoms with E-state index in [0.717, 1.165) is 12.1 Å². The highest BCUT2D eigenvalue weighted by atomic mass is 19.3. The highest BCUT2D eigenvalue weighted by Crippen LogP contribution is 2.38. The molecule has 0 aliphatic rings. The summed E-state index contributed by atoms with van der Waals surface area (Å²) in [5, 5.41) is 9.28. The minimum Gasteiger partial charge on any atom is -0.504 e. The van der Waals surface area contributed by atoms with Crippen LogP contribution in [0.2, 0.25) is 0 Å². The van der Waals surface area contributed by atoms with Gasteiger partial charge >= 0.3 is 0 Å². The summed E-state index contributed by atoms with van der Waals surface area (Å²) in [4.78, 5) is 0. The summed E-state index contributed by atoms with van der Waals surface area (Å²) in [6.07, 6.45) is -2.67. The van der Waals surface area contributed by atoms with Gasteiger partial charge < -0.3 is 14.6 Å². The standard InChI is InChI=1S/C9H10F2O3/c1-13-7-4-6(12)8(14-2)3-5(7)9(10)11/h3-4,9,12H,1-2H3. The van der Waals surface area contributed by atoms with Crippen LogP contribution in [0.4, 0.5) is 8.78 Å². The monoisotopic (exact) mass is 204 g/mol. The molecule has 0 spiro atoms. The number of phenolic OH excluding ortho intramolecular Hbond substituents is 1. The zero-order chi connectivity index (χ0) is 10.7. The molecule has 0 aliphatic carbocycles. The Morgan fingerprint density at radius 1 is 1.14 bits per heavy atom. The SMILES string of the molecule is COc1cc(C(F)F)c(OC)cc1O. The number of aromatic hydroxyl groups is 1. The topological polar surface area (TPSA) is 38.7 Å². The Balaban J connectivity index is 3.25. The lowest BCUT2D eigenvalue weighted by molar-refractivity contribution is 0.146. The van der Waals surface area contributed by atoms with Gasteiger partial charge in [-0.2, -0.15) is 0 Å². The quantitative estimate of drug-likeness (QED) is 0.821. The third-order valence-corrected chi connectivity index (χ3v) is 1.77. The summed E-state index contributed by atoms with van der Waals surface area (Å²) in [5.74, 6) is -0.284. The fourth-order valence-corrected chi connectivity index (χ4v) is 1.08. The smallest absolute Gasteiger partial charge is 0.267 e. The molecule has 0 atom stereocenters. The van der Waals surface area contributed by atoms with E-state index in [1.807, 2.05) is 0 Å². The van der Waals surface area contributed by atoms with Gasteiger partial charge in [-0.3, -0.25) is 0 Å². The molecular weight excluding hydrogens is 194 g/mol. The summed E-state index contributed by atoms with van der Waals surface area (Å²) in [6.45, 7) is 0. The normalized spacial score (nSPS) is 10.4. The van der Waals surface area contributed by atoms with E-state index in [1.165, 1.54) is 14.2 Å².